The first-order valence-corrected chi connectivity index (χ1v) is 6.23. The van der Waals surface area contributed by atoms with Crippen LogP contribution in [-0.2, 0) is 4.79 Å². The van der Waals surface area contributed by atoms with Gasteiger partial charge in [0.2, 0.25) is 0 Å². The van der Waals surface area contributed by atoms with E-state index in [0.717, 1.165) is 5.75 Å². The number of nitrogens with one attached hydrogen (secondary N) is 1. The summed E-state index contributed by atoms with van der Waals surface area (Å²) in [6.07, 6.45) is 1.48. The number of benzene rings is 1. The molecule has 1 N–H and O–H groups in total. The average Bonchev–Trinajstić information content (AvgIpc) is 2.48. The number of anilines is 1. The number of carbonyl (C=O) groups excluding carboxylic acids is 1. The number of pyridine rings is 1. The summed E-state index contributed by atoms with van der Waals surface area (Å²) in [6.45, 7) is -0.0883. The van der Waals surface area contributed by atoms with Gasteiger partial charge in [0, 0.05) is 0 Å². The van der Waals surface area contributed by atoms with E-state index in [2.05, 4.69) is 10.3 Å². The molecule has 0 atom stereocenters. The van der Waals surface area contributed by atoms with E-state index in [1.54, 1.807) is 43.5 Å². The zero-order valence-corrected chi connectivity index (χ0v) is 11.6. The second-order valence-corrected chi connectivity index (χ2v) is 4.27. The Bertz CT molecular complexity index is 570. The molecule has 104 valence electrons. The van der Waals surface area contributed by atoms with E-state index in [0.29, 0.717) is 16.6 Å². The summed E-state index contributed by atoms with van der Waals surface area (Å²) in [5.74, 6) is 1.05. The fourth-order valence-electron chi connectivity index (χ4n) is 1.47. The van der Waals surface area contributed by atoms with Gasteiger partial charge in [-0.15, -0.1) is 0 Å². The summed E-state index contributed by atoms with van der Waals surface area (Å²) in [6, 6.07) is 10.3. The van der Waals surface area contributed by atoms with Crippen molar-refractivity contribution in [1.29, 1.82) is 0 Å². The highest BCUT2D eigenvalue weighted by Crippen LogP contribution is 2.17. The lowest BCUT2D eigenvalue weighted by atomic mass is 10.3. The van der Waals surface area contributed by atoms with Crippen molar-refractivity contribution in [2.75, 3.05) is 19.0 Å². The van der Waals surface area contributed by atoms with Gasteiger partial charge >= 0.3 is 0 Å². The van der Waals surface area contributed by atoms with Gasteiger partial charge in [-0.25, -0.2) is 4.98 Å². The number of hydrogen-bond donors (Lipinski definition) is 1. The molecule has 20 heavy (non-hydrogen) atoms. The molecule has 2 rings (SSSR count). The van der Waals surface area contributed by atoms with E-state index in [4.69, 9.17) is 21.1 Å². The molecule has 0 radical (unpaired) electrons. The van der Waals surface area contributed by atoms with Crippen LogP contribution in [0.2, 0.25) is 5.15 Å². The fourth-order valence-corrected chi connectivity index (χ4v) is 1.58. The van der Waals surface area contributed by atoms with E-state index >= 15 is 0 Å². The Labute approximate surface area is 121 Å². The molecule has 0 aliphatic carbocycles. The first-order valence-electron chi connectivity index (χ1n) is 5.85. The van der Waals surface area contributed by atoms with Gasteiger partial charge < -0.3 is 14.8 Å². The summed E-state index contributed by atoms with van der Waals surface area (Å²) >= 11 is 5.66. The van der Waals surface area contributed by atoms with Crippen molar-refractivity contribution < 1.29 is 14.3 Å². The number of halogens is 1. The molecule has 1 aromatic heterocycles. The summed E-state index contributed by atoms with van der Waals surface area (Å²) in [4.78, 5) is 15.5. The topological polar surface area (TPSA) is 60.5 Å². The predicted molar refractivity (Wildman–Crippen MR) is 76.4 cm³/mol. The number of ether oxygens (including phenoxy) is 2. The minimum atomic E-state index is -0.273. The third kappa shape index (κ3) is 4.13. The number of rotatable bonds is 5. The molecule has 2 aromatic rings. The van der Waals surface area contributed by atoms with Gasteiger partial charge in [-0.05, 0) is 36.4 Å². The summed E-state index contributed by atoms with van der Waals surface area (Å²) in [5, 5.41) is 3.02. The normalized spacial score (nSPS) is 9.90. The number of amides is 1. The van der Waals surface area contributed by atoms with Crippen molar-refractivity contribution in [2.45, 2.75) is 0 Å². The number of carbonyl (C=O) groups is 1. The summed E-state index contributed by atoms with van der Waals surface area (Å²) in [5.41, 5.74) is 0.567. The summed E-state index contributed by atoms with van der Waals surface area (Å²) in [7, 11) is 1.59. The minimum Gasteiger partial charge on any atom is -0.497 e. The molecular weight excluding hydrogens is 280 g/mol. The standard InChI is InChI=1S/C14H13ClN2O3/c1-19-11-3-5-12(6-4-11)20-9-14(18)17-10-2-7-13(15)16-8-10/h2-8H,9H2,1H3,(H,17,18). The molecule has 1 amide bonds. The molecule has 0 saturated carbocycles. The van der Waals surface area contributed by atoms with Crippen LogP contribution in [0.15, 0.2) is 42.6 Å². The molecule has 0 unspecified atom stereocenters. The molecule has 0 aliphatic rings. The van der Waals surface area contributed by atoms with E-state index in [9.17, 15) is 4.79 Å². The van der Waals surface area contributed by atoms with Gasteiger partial charge in [-0.3, -0.25) is 4.79 Å². The van der Waals surface area contributed by atoms with Gasteiger partial charge in [0.15, 0.2) is 6.61 Å². The maximum atomic E-state index is 11.7. The molecule has 5 nitrogen and oxygen atoms in total. The van der Waals surface area contributed by atoms with E-state index in [-0.39, 0.29) is 12.5 Å². The maximum Gasteiger partial charge on any atom is 0.262 e. The van der Waals surface area contributed by atoms with Crippen LogP contribution in [0.4, 0.5) is 5.69 Å². The van der Waals surface area contributed by atoms with Crippen LogP contribution in [0.25, 0.3) is 0 Å². The van der Waals surface area contributed by atoms with Crippen LogP contribution in [-0.4, -0.2) is 24.6 Å². The van der Waals surface area contributed by atoms with Crippen molar-refractivity contribution >= 4 is 23.2 Å². The quantitative estimate of drug-likeness (QED) is 0.861. The highest BCUT2D eigenvalue weighted by Gasteiger charge is 2.04. The van der Waals surface area contributed by atoms with Crippen molar-refractivity contribution in [3.05, 3.63) is 47.7 Å². The lowest BCUT2D eigenvalue weighted by Gasteiger charge is -2.08. The zero-order valence-electron chi connectivity index (χ0n) is 10.8. The molecule has 6 heteroatoms. The first-order chi connectivity index (χ1) is 9.67. The smallest absolute Gasteiger partial charge is 0.262 e. The molecule has 0 fully saturated rings. The third-order valence-electron chi connectivity index (χ3n) is 2.44. The van der Waals surface area contributed by atoms with E-state index < -0.39 is 0 Å². The van der Waals surface area contributed by atoms with Gasteiger partial charge in [0.1, 0.15) is 16.7 Å². The minimum absolute atomic E-state index is 0.0883. The Morgan fingerprint density at radius 1 is 1.20 bits per heavy atom. The number of nitrogens with zero attached hydrogens (tertiary/aromatic N) is 1. The van der Waals surface area contributed by atoms with Crippen LogP contribution < -0.4 is 14.8 Å². The highest BCUT2D eigenvalue weighted by molar-refractivity contribution is 6.29. The predicted octanol–water partition coefficient (Wildman–Crippen LogP) is 2.76. The van der Waals surface area contributed by atoms with Crippen molar-refractivity contribution in [3.63, 3.8) is 0 Å². The molecule has 0 aliphatic heterocycles. The largest absolute Gasteiger partial charge is 0.497 e. The zero-order chi connectivity index (χ0) is 14.4. The monoisotopic (exact) mass is 292 g/mol. The lowest BCUT2D eigenvalue weighted by Crippen LogP contribution is -2.20. The van der Waals surface area contributed by atoms with Crippen LogP contribution in [0.1, 0.15) is 0 Å². The Balaban J connectivity index is 1.83. The van der Waals surface area contributed by atoms with Gasteiger partial charge in [0.05, 0.1) is 19.0 Å². The third-order valence-corrected chi connectivity index (χ3v) is 2.66. The Morgan fingerprint density at radius 3 is 2.50 bits per heavy atom. The van der Waals surface area contributed by atoms with Crippen LogP contribution in [0.5, 0.6) is 11.5 Å². The number of aromatic nitrogens is 1. The number of hydrogen-bond acceptors (Lipinski definition) is 4. The van der Waals surface area contributed by atoms with Crippen molar-refractivity contribution in [2.24, 2.45) is 0 Å². The van der Waals surface area contributed by atoms with Crippen LogP contribution in [0, 0.1) is 0 Å². The number of methoxy groups -OCH3 is 1. The van der Waals surface area contributed by atoms with E-state index in [1.807, 2.05) is 0 Å². The molecule has 0 spiro atoms. The average molecular weight is 293 g/mol. The van der Waals surface area contributed by atoms with Crippen molar-refractivity contribution in [1.82, 2.24) is 4.98 Å². The maximum absolute atomic E-state index is 11.7. The molecule has 1 aromatic carbocycles. The Kier molecular flexibility index (Phi) is 4.79. The van der Waals surface area contributed by atoms with E-state index in [1.165, 1.54) is 6.20 Å². The molecular formula is C14H13ClN2O3. The second kappa shape index (κ2) is 6.77. The van der Waals surface area contributed by atoms with Gasteiger partial charge in [-0.1, -0.05) is 11.6 Å². The fraction of sp³-hybridized carbons (Fsp3) is 0.143. The Hall–Kier alpha value is -2.27. The molecule has 0 bridgehead atoms. The lowest BCUT2D eigenvalue weighted by molar-refractivity contribution is -0.118. The SMILES string of the molecule is COc1ccc(OCC(=O)Nc2ccc(Cl)nc2)cc1. The summed E-state index contributed by atoms with van der Waals surface area (Å²) < 4.78 is 10.4. The van der Waals surface area contributed by atoms with Gasteiger partial charge in [0.25, 0.3) is 5.91 Å². The molecule has 1 heterocycles. The first kappa shape index (κ1) is 14.1. The Morgan fingerprint density at radius 2 is 1.90 bits per heavy atom. The molecule has 0 saturated heterocycles. The van der Waals surface area contributed by atoms with Crippen LogP contribution >= 0.6 is 11.6 Å². The second-order valence-electron chi connectivity index (χ2n) is 3.88. The van der Waals surface area contributed by atoms with Crippen molar-refractivity contribution in [3.8, 4) is 11.5 Å². The highest BCUT2D eigenvalue weighted by atomic mass is 35.5. The van der Waals surface area contributed by atoms with Crippen LogP contribution in [0.3, 0.4) is 0 Å². The van der Waals surface area contributed by atoms with Gasteiger partial charge in [-0.2, -0.15) is 0 Å².